The van der Waals surface area contributed by atoms with E-state index in [0.29, 0.717) is 0 Å². The fourth-order valence-electron chi connectivity index (χ4n) is 2.44. The quantitative estimate of drug-likeness (QED) is 0.744. The van der Waals surface area contributed by atoms with Gasteiger partial charge in [-0.1, -0.05) is 18.2 Å². The normalized spacial score (nSPS) is 14.9. The largest absolute Gasteiger partial charge is 0.324 e. The van der Waals surface area contributed by atoms with Crippen LogP contribution in [0.25, 0.3) is 0 Å². The van der Waals surface area contributed by atoms with Gasteiger partial charge in [0.1, 0.15) is 0 Å². The van der Waals surface area contributed by atoms with Crippen LogP contribution >= 0.6 is 11.6 Å². The number of aryl methyl sites for hydroxylation is 1. The molecule has 2 heterocycles. The lowest BCUT2D eigenvalue weighted by Crippen LogP contribution is -2.20. The van der Waals surface area contributed by atoms with Gasteiger partial charge < -0.3 is 4.90 Å². The van der Waals surface area contributed by atoms with E-state index in [2.05, 4.69) is 16.0 Å². The van der Waals surface area contributed by atoms with Gasteiger partial charge in [-0.25, -0.2) is 9.37 Å². The molecule has 1 aromatic heterocycles. The van der Waals surface area contributed by atoms with E-state index in [-0.39, 0.29) is 11.1 Å². The van der Waals surface area contributed by atoms with Crippen LogP contribution in [0.1, 0.15) is 18.4 Å². The fraction of sp³-hybridized carbons (Fsp3) is 0.286. The molecule has 1 aliphatic heterocycles. The van der Waals surface area contributed by atoms with E-state index in [9.17, 15) is 4.39 Å². The minimum absolute atomic E-state index is 0.0677. The molecule has 0 aliphatic carbocycles. The fourth-order valence-corrected chi connectivity index (χ4v) is 2.57. The zero-order valence-electron chi connectivity index (χ0n) is 10.3. The predicted molar refractivity (Wildman–Crippen MR) is 73.4 cm³/mol. The summed E-state index contributed by atoms with van der Waals surface area (Å²) in [7, 11) is 0. The maximum Gasteiger partial charge on any atom is 0.224 e. The van der Waals surface area contributed by atoms with Crippen LogP contribution in [-0.4, -0.2) is 16.5 Å². The summed E-state index contributed by atoms with van der Waals surface area (Å²) in [6.45, 7) is 0.737. The summed E-state index contributed by atoms with van der Waals surface area (Å²) in [5.41, 5.74) is 2.22. The van der Waals surface area contributed by atoms with E-state index >= 15 is 0 Å². The van der Waals surface area contributed by atoms with Gasteiger partial charge in [0, 0.05) is 12.2 Å². The molecule has 0 bridgehead atoms. The standard InChI is InChI=1S/C14H13ClFN3/c15-14-17-9-11(16)13(18-14)19-8-4-3-6-10-5-1-2-7-12(10)19/h1-2,5,7,9H,3-4,6,8H2. The van der Waals surface area contributed by atoms with Crippen LogP contribution in [0, 0.1) is 5.82 Å². The molecular formula is C14H13ClFN3. The van der Waals surface area contributed by atoms with Gasteiger partial charge in [-0.2, -0.15) is 4.98 Å². The van der Waals surface area contributed by atoms with Gasteiger partial charge in [-0.15, -0.1) is 0 Å². The van der Waals surface area contributed by atoms with E-state index in [1.165, 1.54) is 5.56 Å². The average Bonchev–Trinajstić information content (AvgIpc) is 2.64. The Kier molecular flexibility index (Phi) is 3.34. The Bertz CT molecular complexity index is 603. The smallest absolute Gasteiger partial charge is 0.224 e. The number of hydrogen-bond acceptors (Lipinski definition) is 3. The summed E-state index contributed by atoms with van der Waals surface area (Å²) < 4.78 is 14.0. The highest BCUT2D eigenvalue weighted by Gasteiger charge is 2.20. The van der Waals surface area contributed by atoms with Crippen LogP contribution < -0.4 is 4.90 Å². The number of fused-ring (bicyclic) bond motifs is 1. The minimum atomic E-state index is -0.443. The van der Waals surface area contributed by atoms with Crippen molar-refractivity contribution in [3.05, 3.63) is 47.1 Å². The highest BCUT2D eigenvalue weighted by molar-refractivity contribution is 6.28. The zero-order chi connectivity index (χ0) is 13.2. The van der Waals surface area contributed by atoms with Crippen molar-refractivity contribution in [1.29, 1.82) is 0 Å². The van der Waals surface area contributed by atoms with Crippen LogP contribution in [0.4, 0.5) is 15.9 Å². The second-order valence-electron chi connectivity index (χ2n) is 4.55. The lowest BCUT2D eigenvalue weighted by atomic mass is 10.1. The van der Waals surface area contributed by atoms with Crippen LogP contribution in [0.5, 0.6) is 0 Å². The first-order valence-corrected chi connectivity index (χ1v) is 6.67. The Morgan fingerprint density at radius 1 is 1.21 bits per heavy atom. The van der Waals surface area contributed by atoms with Crippen molar-refractivity contribution >= 4 is 23.1 Å². The van der Waals surface area contributed by atoms with Gasteiger partial charge in [0.25, 0.3) is 0 Å². The number of benzene rings is 1. The molecule has 98 valence electrons. The van der Waals surface area contributed by atoms with Crippen molar-refractivity contribution in [1.82, 2.24) is 9.97 Å². The molecule has 1 aliphatic rings. The molecule has 0 fully saturated rings. The van der Waals surface area contributed by atoms with Gasteiger partial charge in [-0.3, -0.25) is 0 Å². The van der Waals surface area contributed by atoms with Crippen LogP contribution in [-0.2, 0) is 6.42 Å². The van der Waals surface area contributed by atoms with E-state index in [0.717, 1.165) is 37.7 Å². The summed E-state index contributed by atoms with van der Waals surface area (Å²) in [6, 6.07) is 8.04. The second kappa shape index (κ2) is 5.13. The lowest BCUT2D eigenvalue weighted by molar-refractivity contribution is 0.608. The van der Waals surface area contributed by atoms with E-state index in [1.807, 2.05) is 23.1 Å². The summed E-state index contributed by atoms with van der Waals surface area (Å²) in [5.74, 6) is -0.185. The van der Waals surface area contributed by atoms with Gasteiger partial charge in [0.05, 0.1) is 6.20 Å². The third-order valence-corrected chi connectivity index (χ3v) is 3.49. The first kappa shape index (κ1) is 12.4. The highest BCUT2D eigenvalue weighted by Crippen LogP contribution is 2.32. The highest BCUT2D eigenvalue weighted by atomic mass is 35.5. The number of rotatable bonds is 1. The Labute approximate surface area is 116 Å². The molecule has 1 aromatic carbocycles. The van der Waals surface area contributed by atoms with Crippen molar-refractivity contribution in [2.45, 2.75) is 19.3 Å². The summed E-state index contributed by atoms with van der Waals surface area (Å²) in [6.07, 6.45) is 4.22. The molecule has 0 saturated carbocycles. The van der Waals surface area contributed by atoms with Gasteiger partial charge in [0.15, 0.2) is 11.6 Å². The second-order valence-corrected chi connectivity index (χ2v) is 4.89. The van der Waals surface area contributed by atoms with Crippen molar-refractivity contribution in [2.75, 3.05) is 11.4 Å². The SMILES string of the molecule is Fc1cnc(Cl)nc1N1CCCCc2ccccc21. The maximum atomic E-state index is 14.0. The zero-order valence-corrected chi connectivity index (χ0v) is 11.1. The number of nitrogens with zero attached hydrogens (tertiary/aromatic N) is 3. The monoisotopic (exact) mass is 277 g/mol. The molecule has 0 radical (unpaired) electrons. The molecule has 3 nitrogen and oxygen atoms in total. The predicted octanol–water partition coefficient (Wildman–Crippen LogP) is 3.74. The van der Waals surface area contributed by atoms with Crippen molar-refractivity contribution in [3.63, 3.8) is 0 Å². The number of anilines is 2. The summed E-state index contributed by atoms with van der Waals surface area (Å²) in [4.78, 5) is 9.60. The van der Waals surface area contributed by atoms with E-state index in [4.69, 9.17) is 11.6 Å². The molecule has 0 unspecified atom stereocenters. The molecule has 0 amide bonds. The van der Waals surface area contributed by atoms with Crippen molar-refractivity contribution in [3.8, 4) is 0 Å². The molecule has 5 heteroatoms. The molecular weight excluding hydrogens is 265 g/mol. The number of halogens is 2. The lowest BCUT2D eigenvalue weighted by Gasteiger charge is -2.24. The number of aromatic nitrogens is 2. The Morgan fingerprint density at radius 2 is 2.05 bits per heavy atom. The molecule has 2 aromatic rings. The summed E-state index contributed by atoms with van der Waals surface area (Å²) >= 11 is 5.79. The maximum absolute atomic E-state index is 14.0. The third-order valence-electron chi connectivity index (χ3n) is 3.31. The van der Waals surface area contributed by atoms with Crippen LogP contribution in [0.3, 0.4) is 0 Å². The molecule has 19 heavy (non-hydrogen) atoms. The Morgan fingerprint density at radius 3 is 2.95 bits per heavy atom. The van der Waals surface area contributed by atoms with Crippen LogP contribution in [0.2, 0.25) is 5.28 Å². The van der Waals surface area contributed by atoms with E-state index < -0.39 is 5.82 Å². The van der Waals surface area contributed by atoms with Gasteiger partial charge in [0.2, 0.25) is 5.28 Å². The van der Waals surface area contributed by atoms with Crippen molar-refractivity contribution < 1.29 is 4.39 Å². The molecule has 0 spiro atoms. The Hall–Kier alpha value is -1.68. The summed E-state index contributed by atoms with van der Waals surface area (Å²) in [5, 5.41) is 0.0677. The van der Waals surface area contributed by atoms with E-state index in [1.54, 1.807) is 0 Å². The molecule has 0 atom stereocenters. The Balaban J connectivity index is 2.11. The number of para-hydroxylation sites is 1. The topological polar surface area (TPSA) is 29.0 Å². The van der Waals surface area contributed by atoms with Gasteiger partial charge in [-0.05, 0) is 42.5 Å². The first-order chi connectivity index (χ1) is 9.25. The molecule has 0 saturated heterocycles. The molecule has 0 N–H and O–H groups in total. The first-order valence-electron chi connectivity index (χ1n) is 6.29. The van der Waals surface area contributed by atoms with Gasteiger partial charge >= 0.3 is 0 Å². The van der Waals surface area contributed by atoms with Crippen LogP contribution in [0.15, 0.2) is 30.5 Å². The molecule has 3 rings (SSSR count). The van der Waals surface area contributed by atoms with Crippen molar-refractivity contribution in [2.24, 2.45) is 0 Å². The average molecular weight is 278 g/mol. The number of hydrogen-bond donors (Lipinski definition) is 0. The third kappa shape index (κ3) is 2.40. The minimum Gasteiger partial charge on any atom is -0.324 e.